The molecule has 1 heterocycles. The molecule has 0 saturated carbocycles. The number of anilines is 2. The van der Waals surface area contributed by atoms with E-state index >= 15 is 0 Å². The Labute approximate surface area is 131 Å². The van der Waals surface area contributed by atoms with Gasteiger partial charge in [-0.15, -0.1) is 0 Å². The summed E-state index contributed by atoms with van der Waals surface area (Å²) in [5.74, 6) is 0.0475. The van der Waals surface area contributed by atoms with E-state index in [9.17, 15) is 8.42 Å². The van der Waals surface area contributed by atoms with Gasteiger partial charge in [0.1, 0.15) is 0 Å². The van der Waals surface area contributed by atoms with Crippen LogP contribution in [0.5, 0.6) is 0 Å². The summed E-state index contributed by atoms with van der Waals surface area (Å²) >= 11 is 0. The lowest BCUT2D eigenvalue weighted by atomic mass is 9.87. The lowest BCUT2D eigenvalue weighted by Gasteiger charge is -2.22. The first-order chi connectivity index (χ1) is 10.0. The van der Waals surface area contributed by atoms with Crippen LogP contribution in [0.1, 0.15) is 32.1 Å². The molecule has 22 heavy (non-hydrogen) atoms. The first kappa shape index (κ1) is 16.4. The second-order valence-corrected chi connectivity index (χ2v) is 8.13. The van der Waals surface area contributed by atoms with Crippen molar-refractivity contribution in [2.45, 2.75) is 38.0 Å². The summed E-state index contributed by atoms with van der Waals surface area (Å²) in [5.41, 5.74) is 7.30. The monoisotopic (exact) mass is 323 g/mol. The molecule has 2 N–H and O–H groups in total. The van der Waals surface area contributed by atoms with E-state index in [4.69, 9.17) is 10.3 Å². The van der Waals surface area contributed by atoms with Crippen molar-refractivity contribution in [3.8, 4) is 0 Å². The number of nitrogens with zero attached hydrogens (tertiary/aromatic N) is 2. The standard InChI is InChI=1S/C15H21N3O3S/c1-10-13(14(16)17-21-10)22(19,20)18(5)12-8-6-11(7-9-12)15(2,3)4/h6-9H,1-5H3,(H2,16,17). The van der Waals surface area contributed by atoms with E-state index in [1.54, 1.807) is 12.1 Å². The minimum Gasteiger partial charge on any atom is -0.380 e. The van der Waals surface area contributed by atoms with Crippen LogP contribution in [-0.2, 0) is 15.4 Å². The van der Waals surface area contributed by atoms with Crippen LogP contribution >= 0.6 is 0 Å². The predicted octanol–water partition coefficient (Wildman–Crippen LogP) is 2.69. The van der Waals surface area contributed by atoms with Gasteiger partial charge < -0.3 is 10.3 Å². The molecule has 0 atom stereocenters. The van der Waals surface area contributed by atoms with Gasteiger partial charge in [0.05, 0.1) is 5.69 Å². The lowest BCUT2D eigenvalue weighted by Crippen LogP contribution is -2.27. The highest BCUT2D eigenvalue weighted by Crippen LogP contribution is 2.30. The number of rotatable bonds is 3. The number of aromatic nitrogens is 1. The van der Waals surface area contributed by atoms with Gasteiger partial charge in [-0.1, -0.05) is 38.1 Å². The van der Waals surface area contributed by atoms with Gasteiger partial charge in [0.2, 0.25) is 0 Å². The molecule has 1 aromatic heterocycles. The number of hydrogen-bond acceptors (Lipinski definition) is 5. The minimum absolute atomic E-state index is 0.00543. The van der Waals surface area contributed by atoms with Crippen molar-refractivity contribution in [2.24, 2.45) is 0 Å². The molecule has 0 spiro atoms. The van der Waals surface area contributed by atoms with Gasteiger partial charge in [-0.05, 0) is 30.0 Å². The summed E-state index contributed by atoms with van der Waals surface area (Å²) in [5, 5.41) is 3.50. The normalized spacial score (nSPS) is 12.4. The highest BCUT2D eigenvalue weighted by Gasteiger charge is 2.29. The number of nitrogens with two attached hydrogens (primary N) is 1. The zero-order valence-electron chi connectivity index (χ0n) is 13.4. The second kappa shape index (κ2) is 5.31. The van der Waals surface area contributed by atoms with Gasteiger partial charge in [0.15, 0.2) is 16.5 Å². The molecular formula is C15H21N3O3S. The first-order valence-corrected chi connectivity index (χ1v) is 8.30. The molecule has 2 rings (SSSR count). The van der Waals surface area contributed by atoms with E-state index in [0.717, 1.165) is 5.56 Å². The molecule has 0 aliphatic rings. The second-order valence-electron chi connectivity index (χ2n) is 6.22. The number of hydrogen-bond donors (Lipinski definition) is 1. The maximum absolute atomic E-state index is 12.7. The van der Waals surface area contributed by atoms with Crippen molar-refractivity contribution >= 4 is 21.5 Å². The van der Waals surface area contributed by atoms with Gasteiger partial charge in [-0.2, -0.15) is 0 Å². The van der Waals surface area contributed by atoms with Crippen molar-refractivity contribution in [3.05, 3.63) is 35.6 Å². The van der Waals surface area contributed by atoms with Gasteiger partial charge in [-0.25, -0.2) is 8.42 Å². The molecular weight excluding hydrogens is 302 g/mol. The van der Waals surface area contributed by atoms with E-state index < -0.39 is 10.0 Å². The number of sulfonamides is 1. The summed E-state index contributed by atoms with van der Waals surface area (Å²) in [7, 11) is -2.33. The smallest absolute Gasteiger partial charge is 0.271 e. The third-order valence-electron chi connectivity index (χ3n) is 3.55. The van der Waals surface area contributed by atoms with Crippen molar-refractivity contribution in [2.75, 3.05) is 17.1 Å². The molecule has 6 nitrogen and oxygen atoms in total. The van der Waals surface area contributed by atoms with Gasteiger partial charge in [-0.3, -0.25) is 4.31 Å². The van der Waals surface area contributed by atoms with Gasteiger partial charge >= 0.3 is 0 Å². The zero-order valence-corrected chi connectivity index (χ0v) is 14.2. The molecule has 0 amide bonds. The fraction of sp³-hybridized carbons (Fsp3) is 0.400. The van der Waals surface area contributed by atoms with Crippen molar-refractivity contribution < 1.29 is 12.9 Å². The Morgan fingerprint density at radius 3 is 2.14 bits per heavy atom. The average molecular weight is 323 g/mol. The fourth-order valence-electron chi connectivity index (χ4n) is 2.14. The SMILES string of the molecule is Cc1onc(N)c1S(=O)(=O)N(C)c1ccc(C(C)(C)C)cc1. The summed E-state index contributed by atoms with van der Waals surface area (Å²) in [4.78, 5) is -0.0881. The van der Waals surface area contributed by atoms with Crippen LogP contribution in [0.15, 0.2) is 33.7 Å². The third-order valence-corrected chi connectivity index (χ3v) is 5.49. The van der Waals surface area contributed by atoms with E-state index in [1.807, 2.05) is 12.1 Å². The molecule has 7 heteroatoms. The van der Waals surface area contributed by atoms with Crippen LogP contribution in [0.4, 0.5) is 11.5 Å². The molecule has 120 valence electrons. The van der Waals surface area contributed by atoms with Crippen LogP contribution in [0.25, 0.3) is 0 Å². The molecule has 0 fully saturated rings. The molecule has 0 unspecified atom stereocenters. The maximum atomic E-state index is 12.7. The van der Waals surface area contributed by atoms with Gasteiger partial charge in [0.25, 0.3) is 10.0 Å². The molecule has 0 radical (unpaired) electrons. The highest BCUT2D eigenvalue weighted by molar-refractivity contribution is 7.93. The van der Waals surface area contributed by atoms with Crippen molar-refractivity contribution in [1.82, 2.24) is 5.16 Å². The fourth-order valence-corrected chi connectivity index (χ4v) is 3.52. The molecule has 0 saturated heterocycles. The minimum atomic E-state index is -3.81. The summed E-state index contributed by atoms with van der Waals surface area (Å²) in [6.45, 7) is 7.82. The van der Waals surface area contributed by atoms with Crippen molar-refractivity contribution in [1.29, 1.82) is 0 Å². The maximum Gasteiger partial charge on any atom is 0.271 e. The Morgan fingerprint density at radius 2 is 1.73 bits per heavy atom. The van der Waals surface area contributed by atoms with Crippen molar-refractivity contribution in [3.63, 3.8) is 0 Å². The average Bonchev–Trinajstić information content (AvgIpc) is 2.77. The molecule has 0 aliphatic carbocycles. The van der Waals surface area contributed by atoms with Crippen LogP contribution in [0.2, 0.25) is 0 Å². The summed E-state index contributed by atoms with van der Waals surface area (Å²) in [6.07, 6.45) is 0. The summed E-state index contributed by atoms with van der Waals surface area (Å²) in [6, 6.07) is 7.39. The van der Waals surface area contributed by atoms with Gasteiger partial charge in [0, 0.05) is 7.05 Å². The number of benzene rings is 1. The Bertz CT molecular complexity index is 752. The van der Waals surface area contributed by atoms with Crippen LogP contribution in [-0.4, -0.2) is 20.6 Å². The van der Waals surface area contributed by atoms with Crippen LogP contribution in [0.3, 0.4) is 0 Å². The summed E-state index contributed by atoms with van der Waals surface area (Å²) < 4.78 is 31.4. The molecule has 1 aromatic carbocycles. The van der Waals surface area contributed by atoms with E-state index in [0.29, 0.717) is 5.69 Å². The Morgan fingerprint density at radius 1 is 1.18 bits per heavy atom. The third kappa shape index (κ3) is 2.81. The van der Waals surface area contributed by atoms with E-state index in [-0.39, 0.29) is 21.9 Å². The first-order valence-electron chi connectivity index (χ1n) is 6.86. The van der Waals surface area contributed by atoms with Crippen LogP contribution < -0.4 is 10.0 Å². The van der Waals surface area contributed by atoms with E-state index in [2.05, 4.69) is 25.9 Å². The quantitative estimate of drug-likeness (QED) is 0.938. The van der Waals surface area contributed by atoms with E-state index in [1.165, 1.54) is 18.3 Å². The topological polar surface area (TPSA) is 89.4 Å². The lowest BCUT2D eigenvalue weighted by molar-refractivity contribution is 0.396. The molecule has 0 bridgehead atoms. The molecule has 0 aliphatic heterocycles. The Hall–Kier alpha value is -2.02. The highest BCUT2D eigenvalue weighted by atomic mass is 32.2. The number of nitrogen functional groups attached to an aromatic ring is 1. The van der Waals surface area contributed by atoms with Crippen LogP contribution in [0, 0.1) is 6.92 Å². The largest absolute Gasteiger partial charge is 0.380 e. The Kier molecular flexibility index (Phi) is 3.95. The zero-order chi connectivity index (χ0) is 16.7. The Balaban J connectivity index is 2.41. The molecule has 2 aromatic rings. The number of aryl methyl sites for hydroxylation is 1. The predicted molar refractivity (Wildman–Crippen MR) is 86.4 cm³/mol.